The molecule has 1 atom stereocenters. The van der Waals surface area contributed by atoms with Crippen LogP contribution in [-0.2, 0) is 14.8 Å². The average molecular weight is 391 g/mol. The molecule has 0 aliphatic carbocycles. The molecule has 0 aromatic heterocycles. The molecule has 0 unspecified atom stereocenters. The number of ether oxygens (including phenoxy) is 1. The molecule has 0 spiro atoms. The standard InChI is InChI=1S/C20H26N2O4S/c1-5-26-19-8-6-7-18(13-19)22(27(4,24)25)14-20(23)21-16(3)17-11-9-15(2)10-12-17/h6-13,16H,5,14H2,1-4H3,(H,21,23)/t16-/m1/s1. The van der Waals surface area contributed by atoms with Gasteiger partial charge in [-0.1, -0.05) is 35.9 Å². The summed E-state index contributed by atoms with van der Waals surface area (Å²) in [5.41, 5.74) is 2.48. The quantitative estimate of drug-likeness (QED) is 0.752. The normalized spacial score (nSPS) is 12.3. The highest BCUT2D eigenvalue weighted by atomic mass is 32.2. The highest BCUT2D eigenvalue weighted by Gasteiger charge is 2.22. The van der Waals surface area contributed by atoms with E-state index < -0.39 is 10.0 Å². The van der Waals surface area contributed by atoms with E-state index in [0.717, 1.165) is 21.7 Å². The van der Waals surface area contributed by atoms with Crippen LogP contribution >= 0.6 is 0 Å². The van der Waals surface area contributed by atoms with Gasteiger partial charge < -0.3 is 10.1 Å². The second-order valence-electron chi connectivity index (χ2n) is 6.40. The number of anilines is 1. The first kappa shape index (κ1) is 20.8. The Balaban J connectivity index is 2.15. The molecule has 0 aliphatic heterocycles. The molecule has 0 saturated carbocycles. The summed E-state index contributed by atoms with van der Waals surface area (Å²) in [5.74, 6) is 0.174. The lowest BCUT2D eigenvalue weighted by molar-refractivity contribution is -0.120. The van der Waals surface area contributed by atoms with Crippen LogP contribution in [0, 0.1) is 6.92 Å². The summed E-state index contributed by atoms with van der Waals surface area (Å²) in [6.45, 7) is 5.87. The molecule has 0 saturated heterocycles. The number of nitrogens with one attached hydrogen (secondary N) is 1. The van der Waals surface area contributed by atoms with Gasteiger partial charge in [0.1, 0.15) is 12.3 Å². The number of aryl methyl sites for hydroxylation is 1. The van der Waals surface area contributed by atoms with Crippen molar-refractivity contribution in [3.05, 3.63) is 59.7 Å². The van der Waals surface area contributed by atoms with Gasteiger partial charge in [-0.25, -0.2) is 8.42 Å². The number of carbonyl (C=O) groups excluding carboxylic acids is 1. The van der Waals surface area contributed by atoms with E-state index in [4.69, 9.17) is 4.74 Å². The third-order valence-electron chi connectivity index (χ3n) is 4.06. The first-order valence-electron chi connectivity index (χ1n) is 8.77. The zero-order valence-corrected chi connectivity index (χ0v) is 16.9. The number of nitrogens with zero attached hydrogens (tertiary/aromatic N) is 1. The van der Waals surface area contributed by atoms with E-state index >= 15 is 0 Å². The fourth-order valence-electron chi connectivity index (χ4n) is 2.65. The van der Waals surface area contributed by atoms with Crippen molar-refractivity contribution in [1.29, 1.82) is 0 Å². The van der Waals surface area contributed by atoms with Gasteiger partial charge in [0.05, 0.1) is 24.6 Å². The van der Waals surface area contributed by atoms with Gasteiger partial charge in [0.15, 0.2) is 0 Å². The van der Waals surface area contributed by atoms with Gasteiger partial charge in [-0.05, 0) is 38.5 Å². The highest BCUT2D eigenvalue weighted by molar-refractivity contribution is 7.92. The van der Waals surface area contributed by atoms with E-state index in [1.807, 2.05) is 45.0 Å². The van der Waals surface area contributed by atoms with Gasteiger partial charge in [0, 0.05) is 6.07 Å². The Bertz CT molecular complexity index is 879. The first-order chi connectivity index (χ1) is 12.7. The van der Waals surface area contributed by atoms with Crippen LogP contribution < -0.4 is 14.4 Å². The van der Waals surface area contributed by atoms with Crippen LogP contribution in [0.1, 0.15) is 31.0 Å². The monoisotopic (exact) mass is 390 g/mol. The van der Waals surface area contributed by atoms with Crippen molar-refractivity contribution in [2.45, 2.75) is 26.8 Å². The molecule has 2 aromatic carbocycles. The maximum Gasteiger partial charge on any atom is 0.241 e. The van der Waals surface area contributed by atoms with Gasteiger partial charge in [-0.3, -0.25) is 9.10 Å². The van der Waals surface area contributed by atoms with Crippen molar-refractivity contribution in [2.75, 3.05) is 23.7 Å². The van der Waals surface area contributed by atoms with Crippen LogP contribution in [0.15, 0.2) is 48.5 Å². The van der Waals surface area contributed by atoms with Gasteiger partial charge in [-0.15, -0.1) is 0 Å². The van der Waals surface area contributed by atoms with Crippen molar-refractivity contribution in [2.24, 2.45) is 0 Å². The predicted molar refractivity (Wildman–Crippen MR) is 108 cm³/mol. The topological polar surface area (TPSA) is 75.7 Å². The van der Waals surface area contributed by atoms with Crippen molar-refractivity contribution < 1.29 is 17.9 Å². The minimum absolute atomic E-state index is 0.228. The minimum atomic E-state index is -3.63. The van der Waals surface area contributed by atoms with Crippen molar-refractivity contribution in [3.8, 4) is 5.75 Å². The van der Waals surface area contributed by atoms with E-state index in [-0.39, 0.29) is 18.5 Å². The number of sulfonamides is 1. The first-order valence-corrected chi connectivity index (χ1v) is 10.6. The number of hydrogen-bond acceptors (Lipinski definition) is 4. The lowest BCUT2D eigenvalue weighted by atomic mass is 10.1. The van der Waals surface area contributed by atoms with E-state index in [1.165, 1.54) is 0 Å². The zero-order chi connectivity index (χ0) is 20.0. The van der Waals surface area contributed by atoms with Crippen LogP contribution in [0.25, 0.3) is 0 Å². The maximum atomic E-state index is 12.5. The molecule has 27 heavy (non-hydrogen) atoms. The summed E-state index contributed by atoms with van der Waals surface area (Å²) < 4.78 is 31.0. The Morgan fingerprint density at radius 3 is 2.44 bits per heavy atom. The molecule has 146 valence electrons. The maximum absolute atomic E-state index is 12.5. The number of rotatable bonds is 8. The Morgan fingerprint density at radius 1 is 1.19 bits per heavy atom. The average Bonchev–Trinajstić information content (AvgIpc) is 2.60. The number of carbonyl (C=O) groups is 1. The predicted octanol–water partition coefficient (Wildman–Crippen LogP) is 3.04. The summed E-state index contributed by atoms with van der Waals surface area (Å²) in [6.07, 6.45) is 1.08. The fraction of sp³-hybridized carbons (Fsp3) is 0.350. The Kier molecular flexibility index (Phi) is 6.85. The molecule has 0 bridgehead atoms. The molecule has 0 fully saturated rings. The number of amides is 1. The molecule has 1 N–H and O–H groups in total. The Labute approximate surface area is 161 Å². The van der Waals surface area contributed by atoms with Crippen LogP contribution in [0.4, 0.5) is 5.69 Å². The van der Waals surface area contributed by atoms with Crippen molar-refractivity contribution >= 4 is 21.6 Å². The fourth-order valence-corrected chi connectivity index (χ4v) is 3.50. The molecule has 0 radical (unpaired) electrons. The second-order valence-corrected chi connectivity index (χ2v) is 8.31. The molecule has 6 nitrogen and oxygen atoms in total. The van der Waals surface area contributed by atoms with Crippen LogP contribution in [-0.4, -0.2) is 33.7 Å². The molecule has 2 aromatic rings. The van der Waals surface area contributed by atoms with Crippen LogP contribution in [0.2, 0.25) is 0 Å². The minimum Gasteiger partial charge on any atom is -0.494 e. The molecule has 0 aliphatic rings. The summed E-state index contributed by atoms with van der Waals surface area (Å²) in [6, 6.07) is 14.3. The summed E-state index contributed by atoms with van der Waals surface area (Å²) >= 11 is 0. The van der Waals surface area contributed by atoms with Gasteiger partial charge >= 0.3 is 0 Å². The van der Waals surface area contributed by atoms with E-state index in [9.17, 15) is 13.2 Å². The largest absolute Gasteiger partial charge is 0.494 e. The van der Waals surface area contributed by atoms with Crippen molar-refractivity contribution in [1.82, 2.24) is 5.32 Å². The van der Waals surface area contributed by atoms with E-state index in [0.29, 0.717) is 18.0 Å². The lowest BCUT2D eigenvalue weighted by Gasteiger charge is -2.23. The summed E-state index contributed by atoms with van der Waals surface area (Å²) in [4.78, 5) is 12.5. The van der Waals surface area contributed by atoms with Gasteiger partial charge in [0.2, 0.25) is 15.9 Å². The summed E-state index contributed by atoms with van der Waals surface area (Å²) in [5, 5.41) is 2.85. The highest BCUT2D eigenvalue weighted by Crippen LogP contribution is 2.23. The van der Waals surface area contributed by atoms with E-state index in [1.54, 1.807) is 24.3 Å². The third-order valence-corrected chi connectivity index (χ3v) is 5.20. The number of benzene rings is 2. The molecule has 0 heterocycles. The zero-order valence-electron chi connectivity index (χ0n) is 16.1. The van der Waals surface area contributed by atoms with Crippen LogP contribution in [0.5, 0.6) is 5.75 Å². The molecule has 1 amide bonds. The molecular weight excluding hydrogens is 364 g/mol. The SMILES string of the molecule is CCOc1cccc(N(CC(=O)N[C@H](C)c2ccc(C)cc2)S(C)(=O)=O)c1. The second kappa shape index (κ2) is 8.90. The molecular formula is C20H26N2O4S. The Morgan fingerprint density at radius 2 is 1.85 bits per heavy atom. The summed E-state index contributed by atoms with van der Waals surface area (Å²) in [7, 11) is -3.63. The smallest absolute Gasteiger partial charge is 0.241 e. The van der Waals surface area contributed by atoms with Crippen molar-refractivity contribution in [3.63, 3.8) is 0 Å². The Hall–Kier alpha value is -2.54. The van der Waals surface area contributed by atoms with Gasteiger partial charge in [0.25, 0.3) is 0 Å². The lowest BCUT2D eigenvalue weighted by Crippen LogP contribution is -2.41. The number of hydrogen-bond donors (Lipinski definition) is 1. The molecule has 7 heteroatoms. The molecule has 2 rings (SSSR count). The van der Waals surface area contributed by atoms with Gasteiger partial charge in [-0.2, -0.15) is 0 Å². The third kappa shape index (κ3) is 5.99. The van der Waals surface area contributed by atoms with E-state index in [2.05, 4.69) is 5.32 Å². The van der Waals surface area contributed by atoms with Crippen LogP contribution in [0.3, 0.4) is 0 Å².